The smallest absolute Gasteiger partial charge is 0.253 e. The third-order valence-corrected chi connectivity index (χ3v) is 4.96. The minimum Gasteiger partial charge on any atom is -0.491 e. The Morgan fingerprint density at radius 1 is 1.07 bits per heavy atom. The highest BCUT2D eigenvalue weighted by atomic mass is 16.5. The monoisotopic (exact) mass is 396 g/mol. The summed E-state index contributed by atoms with van der Waals surface area (Å²) in [5.74, 6) is 0.625. The van der Waals surface area contributed by atoms with Gasteiger partial charge in [-0.25, -0.2) is 0 Å². The Morgan fingerprint density at radius 3 is 2.69 bits per heavy atom. The van der Waals surface area contributed by atoms with Crippen LogP contribution in [0.5, 0.6) is 5.75 Å². The van der Waals surface area contributed by atoms with Gasteiger partial charge in [-0.2, -0.15) is 0 Å². The number of hydrogen-bond acceptors (Lipinski definition) is 4. The number of nitrogens with one attached hydrogen (secondary N) is 1. The Labute approximate surface area is 171 Å². The van der Waals surface area contributed by atoms with Crippen LogP contribution in [0.1, 0.15) is 45.7 Å². The van der Waals surface area contributed by atoms with E-state index in [0.29, 0.717) is 57.0 Å². The van der Waals surface area contributed by atoms with Gasteiger partial charge in [-0.05, 0) is 55.3 Å². The zero-order valence-electron chi connectivity index (χ0n) is 17.1. The Kier molecular flexibility index (Phi) is 7.25. The van der Waals surface area contributed by atoms with E-state index in [1.165, 1.54) is 0 Å². The molecule has 2 amide bonds. The van der Waals surface area contributed by atoms with Crippen molar-refractivity contribution in [1.82, 2.24) is 10.2 Å². The van der Waals surface area contributed by atoms with Gasteiger partial charge in [0.1, 0.15) is 12.4 Å². The number of carbonyl (C=O) groups excluding carboxylic acids is 2. The van der Waals surface area contributed by atoms with Crippen molar-refractivity contribution in [2.45, 2.75) is 20.3 Å². The molecule has 2 aromatic rings. The third-order valence-electron chi connectivity index (χ3n) is 4.96. The lowest BCUT2D eigenvalue weighted by molar-refractivity contribution is 0.0772. The predicted octanol–water partition coefficient (Wildman–Crippen LogP) is 2.90. The Bertz CT molecular complexity index is 862. The highest BCUT2D eigenvalue weighted by Gasteiger charge is 2.16. The van der Waals surface area contributed by atoms with E-state index in [0.717, 1.165) is 16.9 Å². The highest BCUT2D eigenvalue weighted by molar-refractivity contribution is 5.95. The van der Waals surface area contributed by atoms with Crippen LogP contribution in [-0.4, -0.2) is 56.2 Å². The van der Waals surface area contributed by atoms with E-state index >= 15 is 0 Å². The van der Waals surface area contributed by atoms with Crippen LogP contribution in [-0.2, 0) is 11.2 Å². The van der Waals surface area contributed by atoms with Gasteiger partial charge in [-0.1, -0.05) is 12.1 Å². The average Bonchev–Trinajstić information content (AvgIpc) is 2.74. The second kappa shape index (κ2) is 10.1. The largest absolute Gasteiger partial charge is 0.491 e. The standard InChI is InChI=1S/C23H28N2O4/c1-3-25(4-2)23(27)19-8-9-21-20(16-19)15-17-6-5-7-18(14-17)22(26)24-10-11-28-12-13-29-21/h5-9,14,16H,3-4,10-13,15H2,1-2H3,(H,24,26). The molecular formula is C23H28N2O4. The maximum atomic E-state index is 12.8. The van der Waals surface area contributed by atoms with E-state index in [-0.39, 0.29) is 11.8 Å². The molecule has 1 aliphatic heterocycles. The molecule has 0 spiro atoms. The first-order valence-corrected chi connectivity index (χ1v) is 10.1. The minimum atomic E-state index is -0.116. The summed E-state index contributed by atoms with van der Waals surface area (Å²) < 4.78 is 11.5. The van der Waals surface area contributed by atoms with Crippen molar-refractivity contribution >= 4 is 11.8 Å². The van der Waals surface area contributed by atoms with Crippen LogP contribution in [0.4, 0.5) is 0 Å². The number of fused-ring (bicyclic) bond motifs is 3. The summed E-state index contributed by atoms with van der Waals surface area (Å²) in [6.45, 7) is 7.00. The second-order valence-corrected chi connectivity index (χ2v) is 6.89. The van der Waals surface area contributed by atoms with Crippen LogP contribution in [0, 0.1) is 0 Å². The summed E-state index contributed by atoms with van der Waals surface area (Å²) in [6.07, 6.45) is 0.566. The number of carbonyl (C=O) groups is 2. The van der Waals surface area contributed by atoms with Crippen LogP contribution in [0.25, 0.3) is 0 Å². The zero-order valence-corrected chi connectivity index (χ0v) is 17.1. The van der Waals surface area contributed by atoms with Crippen molar-refractivity contribution in [2.75, 3.05) is 39.5 Å². The molecule has 0 atom stereocenters. The molecular weight excluding hydrogens is 368 g/mol. The summed E-state index contributed by atoms with van der Waals surface area (Å²) in [5.41, 5.74) is 3.15. The van der Waals surface area contributed by atoms with Crippen LogP contribution >= 0.6 is 0 Å². The number of amides is 2. The van der Waals surface area contributed by atoms with Crippen LogP contribution in [0.15, 0.2) is 42.5 Å². The Hall–Kier alpha value is -2.86. The third kappa shape index (κ3) is 5.35. The molecule has 154 valence electrons. The predicted molar refractivity (Wildman–Crippen MR) is 112 cm³/mol. The maximum Gasteiger partial charge on any atom is 0.253 e. The number of nitrogens with zero attached hydrogens (tertiary/aromatic N) is 1. The molecule has 1 aliphatic rings. The molecule has 0 saturated heterocycles. The van der Waals surface area contributed by atoms with Crippen LogP contribution in [0.3, 0.4) is 0 Å². The fourth-order valence-electron chi connectivity index (χ4n) is 3.38. The molecule has 3 rings (SSSR count). The van der Waals surface area contributed by atoms with Crippen molar-refractivity contribution in [3.05, 3.63) is 64.7 Å². The van der Waals surface area contributed by atoms with Crippen molar-refractivity contribution in [2.24, 2.45) is 0 Å². The van der Waals surface area contributed by atoms with Gasteiger partial charge in [-0.15, -0.1) is 0 Å². The van der Waals surface area contributed by atoms with E-state index < -0.39 is 0 Å². The van der Waals surface area contributed by atoms with Gasteiger partial charge in [0, 0.05) is 37.2 Å². The van der Waals surface area contributed by atoms with Gasteiger partial charge in [0.15, 0.2) is 0 Å². The van der Waals surface area contributed by atoms with Crippen LogP contribution in [0.2, 0.25) is 0 Å². The lowest BCUT2D eigenvalue weighted by Gasteiger charge is -2.20. The molecule has 0 unspecified atom stereocenters. The van der Waals surface area contributed by atoms with Crippen molar-refractivity contribution in [1.29, 1.82) is 0 Å². The molecule has 6 heteroatoms. The molecule has 29 heavy (non-hydrogen) atoms. The minimum absolute atomic E-state index is 0.00802. The summed E-state index contributed by atoms with van der Waals surface area (Å²) in [6, 6.07) is 13.1. The normalized spacial score (nSPS) is 14.8. The Morgan fingerprint density at radius 2 is 1.90 bits per heavy atom. The molecule has 6 nitrogen and oxygen atoms in total. The summed E-state index contributed by atoms with van der Waals surface area (Å²) >= 11 is 0. The van der Waals surface area contributed by atoms with Crippen molar-refractivity contribution in [3.63, 3.8) is 0 Å². The zero-order chi connectivity index (χ0) is 20.6. The first-order valence-electron chi connectivity index (χ1n) is 10.1. The van der Waals surface area contributed by atoms with Gasteiger partial charge in [0.05, 0.1) is 13.2 Å². The number of benzene rings is 2. The van der Waals surface area contributed by atoms with Gasteiger partial charge < -0.3 is 19.7 Å². The molecule has 0 saturated carbocycles. The molecule has 0 radical (unpaired) electrons. The van der Waals surface area contributed by atoms with Gasteiger partial charge >= 0.3 is 0 Å². The molecule has 0 aliphatic carbocycles. The maximum absolute atomic E-state index is 12.8. The summed E-state index contributed by atoms with van der Waals surface area (Å²) in [7, 11) is 0. The molecule has 0 fully saturated rings. The van der Waals surface area contributed by atoms with E-state index in [2.05, 4.69) is 5.32 Å². The topological polar surface area (TPSA) is 67.9 Å². The van der Waals surface area contributed by atoms with Gasteiger partial charge in [0.2, 0.25) is 0 Å². The molecule has 2 bridgehead atoms. The molecule has 1 N–H and O–H groups in total. The van der Waals surface area contributed by atoms with Gasteiger partial charge in [-0.3, -0.25) is 9.59 Å². The molecule has 1 heterocycles. The van der Waals surface area contributed by atoms with Crippen molar-refractivity contribution in [3.8, 4) is 5.75 Å². The lowest BCUT2D eigenvalue weighted by atomic mass is 9.99. The summed E-state index contributed by atoms with van der Waals surface area (Å²) in [4.78, 5) is 26.9. The second-order valence-electron chi connectivity index (χ2n) is 6.89. The Balaban J connectivity index is 1.95. The highest BCUT2D eigenvalue weighted by Crippen LogP contribution is 2.25. The van der Waals surface area contributed by atoms with E-state index in [4.69, 9.17) is 9.47 Å². The number of hydrogen-bond donors (Lipinski definition) is 1. The van der Waals surface area contributed by atoms with E-state index in [9.17, 15) is 9.59 Å². The average molecular weight is 396 g/mol. The number of ether oxygens (including phenoxy) is 2. The van der Waals surface area contributed by atoms with E-state index in [1.807, 2.05) is 50.2 Å². The molecule has 0 aromatic heterocycles. The SMILES string of the molecule is CCN(CC)C(=O)c1ccc2c(c1)Cc1cccc(c1)C(=O)NCCOCCO2. The lowest BCUT2D eigenvalue weighted by Crippen LogP contribution is -2.30. The fraction of sp³-hybridized carbons (Fsp3) is 0.391. The van der Waals surface area contributed by atoms with Crippen LogP contribution < -0.4 is 10.1 Å². The molecule has 2 aromatic carbocycles. The van der Waals surface area contributed by atoms with Crippen molar-refractivity contribution < 1.29 is 19.1 Å². The fourth-order valence-corrected chi connectivity index (χ4v) is 3.38. The first-order chi connectivity index (χ1) is 14.1. The number of rotatable bonds is 3. The van der Waals surface area contributed by atoms with E-state index in [1.54, 1.807) is 11.0 Å². The first kappa shape index (κ1) is 20.9. The van der Waals surface area contributed by atoms with Gasteiger partial charge in [0.25, 0.3) is 11.8 Å². The quantitative estimate of drug-likeness (QED) is 0.866. The summed E-state index contributed by atoms with van der Waals surface area (Å²) in [5, 5.41) is 2.86.